The predicted molar refractivity (Wildman–Crippen MR) is 68.3 cm³/mol. The molecule has 1 aromatic rings. The van der Waals surface area contributed by atoms with Crippen molar-refractivity contribution in [1.29, 1.82) is 0 Å². The summed E-state index contributed by atoms with van der Waals surface area (Å²) < 4.78 is 0. The Bertz CT molecular complexity index is 460. The Kier molecular flexibility index (Phi) is 4.16. The average molecular weight is 263 g/mol. The number of rotatable bonds is 4. The van der Waals surface area contributed by atoms with Crippen LogP contribution in [0, 0.1) is 5.92 Å². The Morgan fingerprint density at radius 3 is 2.63 bits per heavy atom. The van der Waals surface area contributed by atoms with Crippen LogP contribution in [0.5, 0.6) is 0 Å². The highest BCUT2D eigenvalue weighted by molar-refractivity contribution is 5.82. The van der Waals surface area contributed by atoms with E-state index in [0.29, 0.717) is 25.1 Å². The number of nitrogens with zero attached hydrogens (tertiary/aromatic N) is 1. The quantitative estimate of drug-likeness (QED) is 0.851. The van der Waals surface area contributed by atoms with Gasteiger partial charge in [0.2, 0.25) is 0 Å². The van der Waals surface area contributed by atoms with E-state index in [4.69, 9.17) is 5.11 Å². The zero-order valence-corrected chi connectivity index (χ0v) is 10.5. The molecule has 1 aliphatic rings. The number of hydrogen-bond donors (Lipinski definition) is 2. The Hall–Kier alpha value is -1.88. The second kappa shape index (κ2) is 5.84. The third-order valence-corrected chi connectivity index (χ3v) is 3.41. The Morgan fingerprint density at radius 2 is 2.00 bits per heavy atom. The molecule has 1 aliphatic heterocycles. The number of amides is 1. The summed E-state index contributed by atoms with van der Waals surface area (Å²) in [5, 5.41) is 18.7. The molecule has 2 atom stereocenters. The van der Waals surface area contributed by atoms with Crippen molar-refractivity contribution in [1.82, 2.24) is 4.90 Å². The molecule has 1 aromatic carbocycles. The second-order valence-corrected chi connectivity index (χ2v) is 4.85. The van der Waals surface area contributed by atoms with Crippen LogP contribution in [0.4, 0.5) is 0 Å². The molecule has 1 fully saturated rings. The molecule has 0 radical (unpaired) electrons. The van der Waals surface area contributed by atoms with Crippen LogP contribution in [0.2, 0.25) is 0 Å². The van der Waals surface area contributed by atoms with E-state index < -0.39 is 12.1 Å². The zero-order chi connectivity index (χ0) is 13.8. The van der Waals surface area contributed by atoms with Crippen LogP contribution in [0.3, 0.4) is 0 Å². The fourth-order valence-corrected chi connectivity index (χ4v) is 2.40. The lowest BCUT2D eigenvalue weighted by molar-refractivity contribution is -0.141. The number of carbonyl (C=O) groups excluding carboxylic acids is 1. The van der Waals surface area contributed by atoms with Crippen LogP contribution >= 0.6 is 0 Å². The summed E-state index contributed by atoms with van der Waals surface area (Å²) in [6.45, 7) is 0.926. The molecule has 102 valence electrons. The maximum absolute atomic E-state index is 12.1. The number of hydrogen-bond acceptors (Lipinski definition) is 3. The molecule has 5 nitrogen and oxygen atoms in total. The zero-order valence-electron chi connectivity index (χ0n) is 10.5. The Morgan fingerprint density at radius 1 is 1.32 bits per heavy atom. The number of aliphatic hydroxyl groups excluding tert-OH is 1. The maximum atomic E-state index is 12.1. The van der Waals surface area contributed by atoms with Gasteiger partial charge in [-0.2, -0.15) is 0 Å². The summed E-state index contributed by atoms with van der Waals surface area (Å²) >= 11 is 0. The molecule has 0 spiro atoms. The molecule has 0 aromatic heterocycles. The van der Waals surface area contributed by atoms with E-state index in [1.165, 1.54) is 0 Å². The summed E-state index contributed by atoms with van der Waals surface area (Å²) in [6, 6.07) is 8.76. The van der Waals surface area contributed by atoms with E-state index in [1.807, 2.05) is 6.07 Å². The van der Waals surface area contributed by atoms with E-state index >= 15 is 0 Å². The number of carboxylic acid groups (broad SMARTS) is 1. The van der Waals surface area contributed by atoms with E-state index in [2.05, 4.69) is 0 Å². The van der Waals surface area contributed by atoms with Crippen LogP contribution in [0.25, 0.3) is 0 Å². The van der Waals surface area contributed by atoms with Gasteiger partial charge in [-0.05, 0) is 17.9 Å². The number of carboxylic acids is 1. The van der Waals surface area contributed by atoms with Crippen LogP contribution in [0.15, 0.2) is 30.3 Å². The van der Waals surface area contributed by atoms with Crippen molar-refractivity contribution < 1.29 is 19.8 Å². The van der Waals surface area contributed by atoms with Crippen molar-refractivity contribution in [2.24, 2.45) is 5.92 Å². The average Bonchev–Trinajstić information content (AvgIpc) is 2.85. The lowest BCUT2D eigenvalue weighted by atomic mass is 10.1. The topological polar surface area (TPSA) is 77.8 Å². The molecule has 0 aliphatic carbocycles. The number of carbonyl (C=O) groups is 2. The van der Waals surface area contributed by atoms with E-state index in [-0.39, 0.29) is 18.2 Å². The van der Waals surface area contributed by atoms with Crippen LogP contribution < -0.4 is 0 Å². The van der Waals surface area contributed by atoms with Gasteiger partial charge in [0.05, 0.1) is 0 Å². The van der Waals surface area contributed by atoms with Gasteiger partial charge in [-0.15, -0.1) is 0 Å². The summed E-state index contributed by atoms with van der Waals surface area (Å²) in [4.78, 5) is 24.3. The van der Waals surface area contributed by atoms with E-state index in [0.717, 1.165) is 0 Å². The van der Waals surface area contributed by atoms with Crippen molar-refractivity contribution in [3.63, 3.8) is 0 Å². The molecule has 1 heterocycles. The molecule has 5 heteroatoms. The third-order valence-electron chi connectivity index (χ3n) is 3.41. The summed E-state index contributed by atoms with van der Waals surface area (Å²) in [7, 11) is 0. The summed E-state index contributed by atoms with van der Waals surface area (Å²) in [5.41, 5.74) is 0.564. The van der Waals surface area contributed by atoms with E-state index in [9.17, 15) is 14.7 Å². The van der Waals surface area contributed by atoms with Gasteiger partial charge in [0.1, 0.15) is 0 Å². The van der Waals surface area contributed by atoms with Gasteiger partial charge in [-0.25, -0.2) is 0 Å². The van der Waals surface area contributed by atoms with Gasteiger partial charge in [0.25, 0.3) is 5.91 Å². The minimum absolute atomic E-state index is 0.00979. The maximum Gasteiger partial charge on any atom is 0.303 e. The molecule has 1 amide bonds. The largest absolute Gasteiger partial charge is 0.481 e. The second-order valence-electron chi connectivity index (χ2n) is 4.85. The lowest BCUT2D eigenvalue weighted by Gasteiger charge is -2.20. The molecule has 2 unspecified atom stereocenters. The minimum atomic E-state index is -1.16. The van der Waals surface area contributed by atoms with Crippen molar-refractivity contribution in [3.05, 3.63) is 35.9 Å². The van der Waals surface area contributed by atoms with E-state index in [1.54, 1.807) is 29.2 Å². The molecular weight excluding hydrogens is 246 g/mol. The smallest absolute Gasteiger partial charge is 0.303 e. The van der Waals surface area contributed by atoms with Crippen molar-refractivity contribution in [3.8, 4) is 0 Å². The first kappa shape index (κ1) is 13.5. The first-order valence-corrected chi connectivity index (χ1v) is 6.31. The van der Waals surface area contributed by atoms with Crippen LogP contribution in [-0.2, 0) is 9.59 Å². The molecule has 0 bridgehead atoms. The monoisotopic (exact) mass is 263 g/mol. The molecular formula is C14H17NO4. The number of aliphatic carboxylic acids is 1. The minimum Gasteiger partial charge on any atom is -0.481 e. The van der Waals surface area contributed by atoms with Gasteiger partial charge in [-0.1, -0.05) is 30.3 Å². The normalized spacial score (nSPS) is 20.3. The first-order chi connectivity index (χ1) is 9.08. The Labute approximate surface area is 111 Å². The number of aliphatic hydroxyl groups is 1. The predicted octanol–water partition coefficient (Wildman–Crippen LogP) is 1.04. The molecule has 2 rings (SSSR count). The lowest BCUT2D eigenvalue weighted by Crippen LogP contribution is -2.33. The van der Waals surface area contributed by atoms with Crippen molar-refractivity contribution in [2.75, 3.05) is 13.1 Å². The molecule has 1 saturated heterocycles. The molecule has 2 N–H and O–H groups in total. The highest BCUT2D eigenvalue weighted by Crippen LogP contribution is 2.23. The van der Waals surface area contributed by atoms with Gasteiger partial charge in [0.15, 0.2) is 6.10 Å². The van der Waals surface area contributed by atoms with Crippen molar-refractivity contribution >= 4 is 11.9 Å². The number of benzene rings is 1. The summed E-state index contributed by atoms with van der Waals surface area (Å²) in [6.07, 6.45) is -0.408. The SMILES string of the molecule is O=C(O)CC1CCN(C(=O)C(O)c2ccccc2)C1. The third kappa shape index (κ3) is 3.32. The van der Waals surface area contributed by atoms with Crippen molar-refractivity contribution in [2.45, 2.75) is 18.9 Å². The molecule has 0 saturated carbocycles. The van der Waals surface area contributed by atoms with Gasteiger partial charge in [0, 0.05) is 19.5 Å². The fourth-order valence-electron chi connectivity index (χ4n) is 2.40. The fraction of sp³-hybridized carbons (Fsp3) is 0.429. The molecule has 19 heavy (non-hydrogen) atoms. The van der Waals surface area contributed by atoms with Crippen LogP contribution in [0.1, 0.15) is 24.5 Å². The van der Waals surface area contributed by atoms with Crippen LogP contribution in [-0.4, -0.2) is 40.1 Å². The standard InChI is InChI=1S/C14H17NO4/c16-12(17)8-10-6-7-15(9-10)14(19)13(18)11-4-2-1-3-5-11/h1-5,10,13,18H,6-9H2,(H,16,17). The van der Waals surface area contributed by atoms with Gasteiger partial charge in [-0.3, -0.25) is 9.59 Å². The summed E-state index contributed by atoms with van der Waals surface area (Å²) in [5.74, 6) is -1.20. The highest BCUT2D eigenvalue weighted by Gasteiger charge is 2.31. The first-order valence-electron chi connectivity index (χ1n) is 6.31. The van der Waals surface area contributed by atoms with Gasteiger partial charge < -0.3 is 15.1 Å². The Balaban J connectivity index is 1.96. The van der Waals surface area contributed by atoms with Gasteiger partial charge >= 0.3 is 5.97 Å². The highest BCUT2D eigenvalue weighted by atomic mass is 16.4. The number of likely N-dealkylation sites (tertiary alicyclic amines) is 1.